The van der Waals surface area contributed by atoms with Gasteiger partial charge in [0.1, 0.15) is 0 Å². The molecule has 0 saturated carbocycles. The number of hydrogen-bond acceptors (Lipinski definition) is 3. The highest BCUT2D eigenvalue weighted by Crippen LogP contribution is 1.85. The Kier molecular flexibility index (Phi) is 3.43. The zero-order chi connectivity index (χ0) is 6.57. The first kappa shape index (κ1) is 7.62. The van der Waals surface area contributed by atoms with Crippen LogP contribution in [-0.2, 0) is 20.1 Å². The predicted octanol–water partition coefficient (Wildman–Crippen LogP) is 0.233. The molecule has 1 unspecified atom stereocenters. The normalized spacial score (nSPS) is 12.8. The molecule has 0 aromatic carbocycles. The van der Waals surface area contributed by atoms with E-state index in [2.05, 4.69) is 4.18 Å². The highest BCUT2D eigenvalue weighted by Gasteiger charge is 1.98. The van der Waals surface area contributed by atoms with Crippen molar-refractivity contribution in [1.82, 2.24) is 0 Å². The van der Waals surface area contributed by atoms with E-state index in [1.165, 1.54) is 6.26 Å². The number of rotatable bonds is 2. The van der Waals surface area contributed by atoms with Crippen molar-refractivity contribution < 1.29 is 13.2 Å². The van der Waals surface area contributed by atoms with E-state index >= 15 is 0 Å². The first-order valence-corrected chi connectivity index (χ1v) is 3.69. The Hall–Kier alpha value is -0.380. The quantitative estimate of drug-likeness (QED) is 0.546. The summed E-state index contributed by atoms with van der Waals surface area (Å²) in [6.45, 7) is 1.65. The summed E-state index contributed by atoms with van der Waals surface area (Å²) in [6.07, 6.45) is 1.59. The van der Waals surface area contributed by atoms with E-state index in [1.807, 2.05) is 0 Å². The van der Waals surface area contributed by atoms with E-state index in [9.17, 15) is 9.00 Å². The molecule has 0 aliphatic carbocycles. The Morgan fingerprint density at radius 3 is 2.38 bits per heavy atom. The molecule has 0 spiro atoms. The van der Waals surface area contributed by atoms with Gasteiger partial charge in [-0.2, -0.15) is 0 Å². The van der Waals surface area contributed by atoms with Gasteiger partial charge in [0.2, 0.25) is 11.1 Å². The van der Waals surface area contributed by atoms with Gasteiger partial charge in [0.15, 0.2) is 0 Å². The van der Waals surface area contributed by atoms with Crippen molar-refractivity contribution in [2.75, 3.05) is 6.26 Å². The van der Waals surface area contributed by atoms with Crippen molar-refractivity contribution in [3.8, 4) is 0 Å². The third-order valence-electron chi connectivity index (χ3n) is 0.499. The molecule has 0 aliphatic heterocycles. The van der Waals surface area contributed by atoms with Crippen molar-refractivity contribution in [3.05, 3.63) is 0 Å². The molecule has 0 saturated heterocycles. The average Bonchev–Trinajstić information content (AvgIpc) is 1.65. The standard InChI is InChI=1S/C4H8O3S/c1-3-4(5)7-8(2)6/h3H2,1-2H3. The minimum Gasteiger partial charge on any atom is -0.364 e. The molecule has 0 bridgehead atoms. The summed E-state index contributed by atoms with van der Waals surface area (Å²) in [7, 11) is 0. The van der Waals surface area contributed by atoms with Gasteiger partial charge in [0.05, 0.1) is 0 Å². The fourth-order valence-electron chi connectivity index (χ4n) is 0.190. The molecule has 0 aromatic heterocycles. The van der Waals surface area contributed by atoms with Gasteiger partial charge in [-0.1, -0.05) is 6.92 Å². The summed E-state index contributed by atoms with van der Waals surface area (Å²) < 4.78 is 14.3. The molecular weight excluding hydrogens is 128 g/mol. The van der Waals surface area contributed by atoms with Crippen LogP contribution in [0.1, 0.15) is 13.3 Å². The SMILES string of the molecule is CCC(=O)OS(C)=O. The van der Waals surface area contributed by atoms with E-state index in [0.717, 1.165) is 0 Å². The molecule has 0 heterocycles. The molecule has 0 aromatic rings. The van der Waals surface area contributed by atoms with Gasteiger partial charge in [-0.05, 0) is 0 Å². The second-order valence-electron chi connectivity index (χ2n) is 1.21. The fraction of sp³-hybridized carbons (Fsp3) is 0.750. The van der Waals surface area contributed by atoms with Crippen LogP contribution in [0, 0.1) is 0 Å². The molecule has 4 heteroatoms. The molecule has 8 heavy (non-hydrogen) atoms. The second-order valence-corrected chi connectivity index (χ2v) is 2.18. The molecule has 0 rings (SSSR count). The van der Waals surface area contributed by atoms with E-state index in [-0.39, 0.29) is 6.42 Å². The van der Waals surface area contributed by atoms with Crippen LogP contribution in [0.5, 0.6) is 0 Å². The maximum atomic E-state index is 10.2. The lowest BCUT2D eigenvalue weighted by molar-refractivity contribution is -0.133. The van der Waals surface area contributed by atoms with Crippen LogP contribution in [0.4, 0.5) is 0 Å². The molecule has 0 aliphatic rings. The van der Waals surface area contributed by atoms with Crippen LogP contribution in [0.15, 0.2) is 0 Å². The highest BCUT2D eigenvalue weighted by atomic mass is 32.2. The van der Waals surface area contributed by atoms with Gasteiger partial charge >= 0.3 is 5.97 Å². The van der Waals surface area contributed by atoms with Gasteiger partial charge in [0.25, 0.3) is 0 Å². The van der Waals surface area contributed by atoms with Gasteiger partial charge in [-0.15, -0.1) is 0 Å². The number of hydrogen-bond donors (Lipinski definition) is 0. The molecular formula is C4H8O3S. The molecule has 0 amide bonds. The van der Waals surface area contributed by atoms with Crippen LogP contribution in [0.25, 0.3) is 0 Å². The van der Waals surface area contributed by atoms with E-state index in [1.54, 1.807) is 6.92 Å². The topological polar surface area (TPSA) is 43.4 Å². The second kappa shape index (κ2) is 3.60. The van der Waals surface area contributed by atoms with Crippen LogP contribution < -0.4 is 0 Å². The smallest absolute Gasteiger partial charge is 0.319 e. The summed E-state index contributed by atoms with van der Waals surface area (Å²) in [4.78, 5) is 10.2. The van der Waals surface area contributed by atoms with Crippen molar-refractivity contribution in [3.63, 3.8) is 0 Å². The summed E-state index contributed by atoms with van der Waals surface area (Å²) in [6, 6.07) is 0. The Labute approximate surface area is 50.7 Å². The summed E-state index contributed by atoms with van der Waals surface area (Å²) >= 11 is -1.45. The minimum absolute atomic E-state index is 0.277. The Balaban J connectivity index is 3.40. The van der Waals surface area contributed by atoms with Crippen molar-refractivity contribution in [2.24, 2.45) is 0 Å². The van der Waals surface area contributed by atoms with E-state index in [4.69, 9.17) is 0 Å². The van der Waals surface area contributed by atoms with Gasteiger partial charge in [-0.25, -0.2) is 4.21 Å². The largest absolute Gasteiger partial charge is 0.364 e. The summed E-state index contributed by atoms with van der Waals surface area (Å²) in [5.41, 5.74) is 0. The van der Waals surface area contributed by atoms with E-state index < -0.39 is 17.0 Å². The summed E-state index contributed by atoms with van der Waals surface area (Å²) in [5, 5.41) is 0. The van der Waals surface area contributed by atoms with Crippen molar-refractivity contribution in [2.45, 2.75) is 13.3 Å². The Bertz CT molecular complexity index is 110. The highest BCUT2D eigenvalue weighted by molar-refractivity contribution is 7.79. The third-order valence-corrected chi connectivity index (χ3v) is 0.920. The van der Waals surface area contributed by atoms with Crippen LogP contribution in [0.2, 0.25) is 0 Å². The zero-order valence-electron chi connectivity index (χ0n) is 4.84. The number of carbonyl (C=O) groups is 1. The van der Waals surface area contributed by atoms with Gasteiger partial charge in [-0.3, -0.25) is 4.79 Å². The lowest BCUT2D eigenvalue weighted by atomic mass is 10.5. The molecule has 1 atom stereocenters. The average molecular weight is 136 g/mol. The molecule has 3 nitrogen and oxygen atoms in total. The zero-order valence-corrected chi connectivity index (χ0v) is 5.66. The lowest BCUT2D eigenvalue weighted by Gasteiger charge is -1.92. The Morgan fingerprint density at radius 2 is 2.25 bits per heavy atom. The first-order valence-electron chi connectivity index (χ1n) is 2.21. The number of carbonyl (C=O) groups excluding carboxylic acids is 1. The van der Waals surface area contributed by atoms with Crippen LogP contribution in [0.3, 0.4) is 0 Å². The monoisotopic (exact) mass is 136 g/mol. The molecule has 0 N–H and O–H groups in total. The lowest BCUT2D eigenvalue weighted by Crippen LogP contribution is -2.03. The predicted molar refractivity (Wildman–Crippen MR) is 30.4 cm³/mol. The van der Waals surface area contributed by atoms with Gasteiger partial charge in [0, 0.05) is 12.7 Å². The van der Waals surface area contributed by atoms with Crippen LogP contribution >= 0.6 is 0 Å². The summed E-state index contributed by atoms with van der Waals surface area (Å²) in [5.74, 6) is -0.425. The maximum absolute atomic E-state index is 10.2. The van der Waals surface area contributed by atoms with Crippen LogP contribution in [-0.4, -0.2) is 16.4 Å². The van der Waals surface area contributed by atoms with Crippen molar-refractivity contribution in [1.29, 1.82) is 0 Å². The minimum atomic E-state index is -1.45. The maximum Gasteiger partial charge on any atom is 0.319 e. The van der Waals surface area contributed by atoms with Gasteiger partial charge < -0.3 is 4.18 Å². The third kappa shape index (κ3) is 3.80. The van der Waals surface area contributed by atoms with E-state index in [0.29, 0.717) is 0 Å². The Morgan fingerprint density at radius 1 is 1.75 bits per heavy atom. The molecule has 0 fully saturated rings. The first-order chi connectivity index (χ1) is 3.66. The van der Waals surface area contributed by atoms with Crippen molar-refractivity contribution >= 4 is 17.0 Å². The molecule has 0 radical (unpaired) electrons. The fourth-order valence-corrected chi connectivity index (χ4v) is 0.569. The molecule has 48 valence electrons.